The van der Waals surface area contributed by atoms with Gasteiger partial charge in [-0.2, -0.15) is 9.97 Å². The number of para-hydroxylation sites is 2. The smallest absolute Gasteiger partial charge is 0.457 e. The van der Waals surface area contributed by atoms with Crippen molar-refractivity contribution in [3.63, 3.8) is 0 Å². The number of halogens is 1. The monoisotopic (exact) mass is 1380 g/mol. The number of benzene rings is 12. The van der Waals surface area contributed by atoms with Crippen LogP contribution in [0.25, 0.3) is 123 Å². The van der Waals surface area contributed by atoms with Gasteiger partial charge in [0.15, 0.2) is 29.1 Å². The van der Waals surface area contributed by atoms with Crippen molar-refractivity contribution in [1.29, 1.82) is 0 Å². The van der Waals surface area contributed by atoms with Crippen molar-refractivity contribution in [3.8, 4) is 102 Å². The third-order valence-electron chi connectivity index (χ3n) is 20.7. The van der Waals surface area contributed by atoms with E-state index in [1.807, 2.05) is 164 Å². The maximum atomic E-state index is 6.41. The zero-order chi connectivity index (χ0) is 71.1. The second-order valence-electron chi connectivity index (χ2n) is 28.6. The summed E-state index contributed by atoms with van der Waals surface area (Å²) >= 11 is 5.99. The minimum Gasteiger partial charge on any atom is -0.457 e. The molecule has 0 unspecified atom stereocenters. The molecule has 0 saturated carbocycles. The first-order valence-corrected chi connectivity index (χ1v) is 35.3. The van der Waals surface area contributed by atoms with E-state index < -0.39 is 7.12 Å². The lowest BCUT2D eigenvalue weighted by molar-refractivity contribution is 0.00578. The summed E-state index contributed by atoms with van der Waals surface area (Å²) in [5.41, 5.74) is 17.0. The summed E-state index contributed by atoms with van der Waals surface area (Å²) in [6.07, 6.45) is 0. The molecule has 1 saturated heterocycles. The fraction of sp³-hybridized carbons (Fsp3) is 0.133. The van der Waals surface area contributed by atoms with Crippen molar-refractivity contribution < 1.29 is 27.6 Å². The number of nitrogens with zero attached hydrogens (tertiary/aromatic N) is 6. The Balaban J connectivity index is 0.000000125. The Kier molecular flexibility index (Phi) is 16.3. The second kappa shape index (κ2) is 25.9. The molecule has 0 N–H and O–H groups in total. The van der Waals surface area contributed by atoms with Gasteiger partial charge in [0.2, 0.25) is 5.28 Å². The van der Waals surface area contributed by atoms with Gasteiger partial charge in [-0.05, 0) is 134 Å². The standard InChI is InChI=1S/C42H29N3O2.C33H31BO4.C15H10ClN3/c1-42(2)33-15-9-10-16-36(33)47-38-24-29(18-21-34(38)42)28-19-22-35-32(23-28)31-20-17-30(25-37(31)46-35)41-44-39(26-11-5-3-6-12-26)43-40(45-41)27-13-7-4-8-14-27;1-31(2)25-9-7-8-10-28(25)36-30-18-21(11-15-26(30)31)20-12-16-27-24(17-20)23-14-13-22(19-29(23)35-27)34-37-32(3,4)33(5,6)38-34;16-15-18-13(11-7-3-1-4-8-11)17-14(19-15)12-9-5-2-6-10-12/h3-25H,1-2H3;7-19H,1-6H3;1-10H. The largest absolute Gasteiger partial charge is 0.494 e. The van der Waals surface area contributed by atoms with Crippen molar-refractivity contribution in [2.24, 2.45) is 0 Å². The van der Waals surface area contributed by atoms with Crippen LogP contribution in [0, 0.1) is 0 Å². The van der Waals surface area contributed by atoms with Gasteiger partial charge in [-0.15, -0.1) is 0 Å². The molecule has 16 aromatic rings. The fourth-order valence-corrected chi connectivity index (χ4v) is 14.4. The highest BCUT2D eigenvalue weighted by Crippen LogP contribution is 2.51. The molecule has 0 aliphatic carbocycles. The number of hydrogen-bond donors (Lipinski definition) is 0. The van der Waals surface area contributed by atoms with Gasteiger partial charge in [-0.3, -0.25) is 0 Å². The molecule has 7 heterocycles. The lowest BCUT2D eigenvalue weighted by Gasteiger charge is -2.34. The maximum Gasteiger partial charge on any atom is 0.494 e. The fourth-order valence-electron chi connectivity index (χ4n) is 14.2. The van der Waals surface area contributed by atoms with Crippen molar-refractivity contribution in [2.75, 3.05) is 0 Å². The SMILES string of the molecule is CC1(C)c2ccccc2Oc2cc(-c3ccc4oc5cc(-c6nc(-c7ccccc7)nc(-c7ccccc7)n6)ccc5c4c3)ccc21.CC1(C)c2ccccc2Oc2cc(-c3ccc4oc5cc(B6OC(C)(C)C(C)(C)O6)ccc5c4c3)ccc21.Clc1nc(-c2ccccc2)nc(-c2ccccc2)n1. The highest BCUT2D eigenvalue weighted by molar-refractivity contribution is 6.62. The molecule has 3 aliphatic heterocycles. The molecular weight excluding hydrogens is 1310 g/mol. The van der Waals surface area contributed by atoms with Gasteiger partial charge in [0.25, 0.3) is 0 Å². The van der Waals surface area contributed by atoms with Crippen molar-refractivity contribution >= 4 is 68.1 Å². The average Bonchev–Trinajstić information content (AvgIpc) is 1.13. The highest BCUT2D eigenvalue weighted by Gasteiger charge is 2.52. The van der Waals surface area contributed by atoms with E-state index in [0.29, 0.717) is 29.1 Å². The van der Waals surface area contributed by atoms with Crippen LogP contribution in [0.4, 0.5) is 0 Å². The van der Waals surface area contributed by atoms with E-state index >= 15 is 0 Å². The number of furan rings is 2. The van der Waals surface area contributed by atoms with Crippen LogP contribution in [-0.4, -0.2) is 48.2 Å². The molecule has 1 fully saturated rings. The number of fused-ring (bicyclic) bond motifs is 10. The van der Waals surface area contributed by atoms with Crippen LogP contribution < -0.4 is 14.9 Å². The molecule has 14 heteroatoms. The highest BCUT2D eigenvalue weighted by atomic mass is 35.5. The molecule has 506 valence electrons. The normalized spacial score (nSPS) is 14.8. The number of aromatic nitrogens is 6. The zero-order valence-electron chi connectivity index (χ0n) is 58.6. The van der Waals surface area contributed by atoms with Gasteiger partial charge in [-0.1, -0.05) is 240 Å². The Hall–Kier alpha value is -11.9. The molecule has 0 atom stereocenters. The molecule has 0 radical (unpaired) electrons. The topological polar surface area (TPSA) is 141 Å². The summed E-state index contributed by atoms with van der Waals surface area (Å²) in [4.78, 5) is 27.4. The Labute approximate surface area is 608 Å². The second-order valence-corrected chi connectivity index (χ2v) is 28.9. The summed E-state index contributed by atoms with van der Waals surface area (Å²) in [6, 6.07) is 94.3. The van der Waals surface area contributed by atoms with E-state index in [9.17, 15) is 0 Å². The molecule has 104 heavy (non-hydrogen) atoms. The van der Waals surface area contributed by atoms with Crippen molar-refractivity contribution in [3.05, 3.63) is 307 Å². The third kappa shape index (κ3) is 12.1. The van der Waals surface area contributed by atoms with Crippen LogP contribution in [0.5, 0.6) is 23.0 Å². The van der Waals surface area contributed by atoms with E-state index in [0.717, 1.165) is 122 Å². The maximum absolute atomic E-state index is 6.41. The number of ether oxygens (including phenoxy) is 2. The Morgan fingerprint density at radius 2 is 0.606 bits per heavy atom. The number of hydrogen-bond acceptors (Lipinski definition) is 12. The van der Waals surface area contributed by atoms with Crippen LogP contribution >= 0.6 is 11.6 Å². The summed E-state index contributed by atoms with van der Waals surface area (Å²) in [7, 11) is -0.418. The Morgan fingerprint density at radius 3 is 1.04 bits per heavy atom. The van der Waals surface area contributed by atoms with Gasteiger partial charge >= 0.3 is 7.12 Å². The van der Waals surface area contributed by atoms with Gasteiger partial charge in [-0.25, -0.2) is 19.9 Å². The predicted octanol–water partition coefficient (Wildman–Crippen LogP) is 22.7. The minimum absolute atomic E-state index is 0.123. The molecule has 0 bridgehead atoms. The van der Waals surface area contributed by atoms with E-state index in [2.05, 4.69) is 186 Å². The summed E-state index contributed by atoms with van der Waals surface area (Å²) in [5.74, 6) is 6.67. The van der Waals surface area contributed by atoms with Gasteiger partial charge in [0, 0.05) is 82.4 Å². The van der Waals surface area contributed by atoms with Crippen LogP contribution in [0.15, 0.2) is 288 Å². The van der Waals surface area contributed by atoms with Gasteiger partial charge in [0.05, 0.1) is 11.2 Å². The predicted molar refractivity (Wildman–Crippen MR) is 417 cm³/mol. The molecule has 4 aromatic heterocycles. The van der Waals surface area contributed by atoms with Gasteiger partial charge < -0.3 is 27.6 Å². The quantitative estimate of drug-likeness (QED) is 0.134. The van der Waals surface area contributed by atoms with Crippen LogP contribution in [0.1, 0.15) is 77.6 Å². The van der Waals surface area contributed by atoms with Crippen LogP contribution in [-0.2, 0) is 20.1 Å². The van der Waals surface area contributed by atoms with Crippen LogP contribution in [0.3, 0.4) is 0 Å². The average molecular weight is 1380 g/mol. The van der Waals surface area contributed by atoms with Crippen LogP contribution in [0.2, 0.25) is 5.28 Å². The molecule has 12 aromatic carbocycles. The molecule has 12 nitrogen and oxygen atoms in total. The number of rotatable bonds is 8. The van der Waals surface area contributed by atoms with E-state index in [-0.39, 0.29) is 27.3 Å². The first-order valence-electron chi connectivity index (χ1n) is 34.9. The Morgan fingerprint density at radius 1 is 0.269 bits per heavy atom. The molecular formula is C90H70BClN6O6. The zero-order valence-corrected chi connectivity index (χ0v) is 59.4. The van der Waals surface area contributed by atoms with Crippen molar-refractivity contribution in [2.45, 2.75) is 77.4 Å². The van der Waals surface area contributed by atoms with E-state index in [1.54, 1.807) is 0 Å². The molecule has 0 spiro atoms. The first-order chi connectivity index (χ1) is 50.4. The molecule has 0 amide bonds. The lowest BCUT2D eigenvalue weighted by Crippen LogP contribution is -2.41. The summed E-state index contributed by atoms with van der Waals surface area (Å²) < 4.78 is 38.0. The Bertz CT molecular complexity index is 5850. The summed E-state index contributed by atoms with van der Waals surface area (Å²) in [5, 5.41) is 4.45. The molecule has 19 rings (SSSR count). The third-order valence-corrected chi connectivity index (χ3v) is 20.8. The van der Waals surface area contributed by atoms with Crippen molar-refractivity contribution in [1.82, 2.24) is 29.9 Å². The first kappa shape index (κ1) is 65.4. The lowest BCUT2D eigenvalue weighted by atomic mass is 9.75. The minimum atomic E-state index is -0.418. The van der Waals surface area contributed by atoms with E-state index in [1.165, 1.54) is 22.3 Å². The molecule has 3 aliphatic rings. The summed E-state index contributed by atoms with van der Waals surface area (Å²) in [6.45, 7) is 17.3. The van der Waals surface area contributed by atoms with Gasteiger partial charge in [0.1, 0.15) is 45.3 Å². The van der Waals surface area contributed by atoms with E-state index in [4.69, 9.17) is 54.2 Å².